The summed E-state index contributed by atoms with van der Waals surface area (Å²) >= 11 is 0. The molecule has 1 aliphatic rings. The molecule has 1 heterocycles. The van der Waals surface area contributed by atoms with Gasteiger partial charge in [0.1, 0.15) is 18.2 Å². The van der Waals surface area contributed by atoms with Gasteiger partial charge in [0.2, 0.25) is 0 Å². The third-order valence-electron chi connectivity index (χ3n) is 4.76. The number of carbonyl (C=O) groups is 1. The van der Waals surface area contributed by atoms with E-state index in [-0.39, 0.29) is 11.5 Å². The summed E-state index contributed by atoms with van der Waals surface area (Å²) in [6, 6.07) is 15.6. The first-order valence-corrected chi connectivity index (χ1v) is 9.38. The van der Waals surface area contributed by atoms with Crippen LogP contribution in [0.5, 0.6) is 11.5 Å². The number of likely N-dealkylation sites (tertiary alicyclic amines) is 1. The number of hydrogen-bond acceptors (Lipinski definition) is 4. The molecule has 5 heteroatoms. The van der Waals surface area contributed by atoms with E-state index in [1.807, 2.05) is 43.3 Å². The largest absolute Gasteiger partial charge is 0.493 e. The summed E-state index contributed by atoms with van der Waals surface area (Å²) in [6.45, 7) is 3.91. The van der Waals surface area contributed by atoms with Gasteiger partial charge in [-0.15, -0.1) is 0 Å². The quantitative estimate of drug-likeness (QED) is 0.562. The van der Waals surface area contributed by atoms with Gasteiger partial charge < -0.3 is 14.4 Å². The summed E-state index contributed by atoms with van der Waals surface area (Å²) in [6.07, 6.45) is 3.59. The molecule has 1 saturated heterocycles. The number of ether oxygens (including phenoxy) is 2. The number of aryl methyl sites for hydroxylation is 1. The van der Waals surface area contributed by atoms with Crippen LogP contribution in [-0.2, 0) is 11.4 Å². The number of methoxy groups -OCH3 is 1. The number of hydrogen-bond donors (Lipinski definition) is 0. The van der Waals surface area contributed by atoms with Gasteiger partial charge in [0.15, 0.2) is 11.5 Å². The Hall–Kier alpha value is -3.26. The van der Waals surface area contributed by atoms with Gasteiger partial charge in [-0.3, -0.25) is 4.79 Å². The summed E-state index contributed by atoms with van der Waals surface area (Å²) in [5.74, 6) is 0.968. The fourth-order valence-electron chi connectivity index (χ4n) is 3.14. The van der Waals surface area contributed by atoms with Crippen molar-refractivity contribution in [3.63, 3.8) is 0 Å². The minimum Gasteiger partial charge on any atom is -0.493 e. The van der Waals surface area contributed by atoms with E-state index in [4.69, 9.17) is 9.47 Å². The average Bonchev–Trinajstić information content (AvgIpc) is 3.26. The molecule has 0 spiro atoms. The molecule has 1 aliphatic heterocycles. The minimum atomic E-state index is -0.210. The van der Waals surface area contributed by atoms with E-state index in [0.717, 1.165) is 24.0 Å². The smallest absolute Gasteiger partial charge is 0.264 e. The van der Waals surface area contributed by atoms with E-state index >= 15 is 0 Å². The molecule has 2 aromatic rings. The first kappa shape index (κ1) is 19.5. The second-order valence-corrected chi connectivity index (χ2v) is 6.85. The standard InChI is InChI=1S/C23H24N2O3/c1-17-5-7-18(8-6-17)16-28-21-10-9-19(14-22(21)27-2)13-20(15-24)23(26)25-11-3-4-12-25/h5-10,13-14H,3-4,11-12,16H2,1-2H3/b20-13+. The Morgan fingerprint density at radius 2 is 1.86 bits per heavy atom. The predicted octanol–water partition coefficient (Wildman–Crippen LogP) is 4.11. The van der Waals surface area contributed by atoms with Gasteiger partial charge in [0.25, 0.3) is 5.91 Å². The normalized spacial score (nSPS) is 13.9. The highest BCUT2D eigenvalue weighted by molar-refractivity contribution is 6.01. The molecule has 0 unspecified atom stereocenters. The van der Waals surface area contributed by atoms with E-state index in [2.05, 4.69) is 0 Å². The lowest BCUT2D eigenvalue weighted by Crippen LogP contribution is -2.28. The number of benzene rings is 2. The van der Waals surface area contributed by atoms with Crippen LogP contribution < -0.4 is 9.47 Å². The third-order valence-corrected chi connectivity index (χ3v) is 4.76. The molecule has 3 rings (SSSR count). The Labute approximate surface area is 165 Å². The molecule has 144 valence electrons. The molecule has 5 nitrogen and oxygen atoms in total. The fourth-order valence-corrected chi connectivity index (χ4v) is 3.14. The van der Waals surface area contributed by atoms with Crippen molar-refractivity contribution in [3.05, 3.63) is 64.7 Å². The van der Waals surface area contributed by atoms with Crippen LogP contribution in [0.15, 0.2) is 48.0 Å². The average molecular weight is 376 g/mol. The maximum Gasteiger partial charge on any atom is 0.264 e. The number of amides is 1. The van der Waals surface area contributed by atoms with Gasteiger partial charge in [0.05, 0.1) is 7.11 Å². The van der Waals surface area contributed by atoms with Crippen molar-refractivity contribution in [2.75, 3.05) is 20.2 Å². The number of carbonyl (C=O) groups excluding carboxylic acids is 1. The zero-order valence-electron chi connectivity index (χ0n) is 16.3. The van der Waals surface area contributed by atoms with Crippen molar-refractivity contribution in [2.45, 2.75) is 26.4 Å². The molecule has 0 atom stereocenters. The molecule has 0 radical (unpaired) electrons. The van der Waals surface area contributed by atoms with Gasteiger partial charge in [-0.1, -0.05) is 35.9 Å². The molecule has 0 N–H and O–H groups in total. The SMILES string of the molecule is COc1cc(/C=C(\C#N)C(=O)N2CCCC2)ccc1OCc1ccc(C)cc1. The molecular formula is C23H24N2O3. The van der Waals surface area contributed by atoms with Crippen LogP contribution >= 0.6 is 0 Å². The van der Waals surface area contributed by atoms with E-state index < -0.39 is 0 Å². The highest BCUT2D eigenvalue weighted by atomic mass is 16.5. The van der Waals surface area contributed by atoms with E-state index in [0.29, 0.717) is 31.2 Å². The maximum atomic E-state index is 12.5. The number of rotatable bonds is 6. The first-order chi connectivity index (χ1) is 13.6. The molecule has 0 bridgehead atoms. The van der Waals surface area contributed by atoms with Crippen LogP contribution in [0.3, 0.4) is 0 Å². The Balaban J connectivity index is 1.75. The van der Waals surface area contributed by atoms with Crippen LogP contribution in [-0.4, -0.2) is 31.0 Å². The van der Waals surface area contributed by atoms with Crippen molar-refractivity contribution in [2.24, 2.45) is 0 Å². The van der Waals surface area contributed by atoms with Gasteiger partial charge >= 0.3 is 0 Å². The van der Waals surface area contributed by atoms with Gasteiger partial charge in [-0.2, -0.15) is 5.26 Å². The van der Waals surface area contributed by atoms with E-state index in [1.54, 1.807) is 30.2 Å². The van der Waals surface area contributed by atoms with E-state index in [9.17, 15) is 10.1 Å². The lowest BCUT2D eigenvalue weighted by Gasteiger charge is -2.14. The number of nitriles is 1. The van der Waals surface area contributed by atoms with Gasteiger partial charge in [-0.05, 0) is 49.1 Å². The molecular weight excluding hydrogens is 352 g/mol. The topological polar surface area (TPSA) is 62.6 Å². The highest BCUT2D eigenvalue weighted by Gasteiger charge is 2.21. The number of nitrogens with zero attached hydrogens (tertiary/aromatic N) is 2. The Morgan fingerprint density at radius 1 is 1.14 bits per heavy atom. The summed E-state index contributed by atoms with van der Waals surface area (Å²) in [4.78, 5) is 14.2. The predicted molar refractivity (Wildman–Crippen MR) is 108 cm³/mol. The maximum absolute atomic E-state index is 12.5. The third kappa shape index (κ3) is 4.72. The van der Waals surface area contributed by atoms with Crippen molar-refractivity contribution in [1.29, 1.82) is 5.26 Å². The van der Waals surface area contributed by atoms with Crippen molar-refractivity contribution < 1.29 is 14.3 Å². The van der Waals surface area contributed by atoms with Gasteiger partial charge in [-0.25, -0.2) is 0 Å². The summed E-state index contributed by atoms with van der Waals surface area (Å²) in [5, 5.41) is 9.41. The monoisotopic (exact) mass is 376 g/mol. The first-order valence-electron chi connectivity index (χ1n) is 9.38. The second kappa shape index (κ2) is 9.09. The van der Waals surface area contributed by atoms with Crippen LogP contribution in [0, 0.1) is 18.3 Å². The zero-order valence-corrected chi connectivity index (χ0v) is 16.3. The van der Waals surface area contributed by atoms with Crippen LogP contribution in [0.1, 0.15) is 29.5 Å². The summed E-state index contributed by atoms with van der Waals surface area (Å²) < 4.78 is 11.3. The molecule has 1 amide bonds. The second-order valence-electron chi connectivity index (χ2n) is 6.85. The zero-order chi connectivity index (χ0) is 19.9. The van der Waals surface area contributed by atoms with Crippen LogP contribution in [0.25, 0.3) is 6.08 Å². The Morgan fingerprint density at radius 3 is 2.50 bits per heavy atom. The lowest BCUT2D eigenvalue weighted by molar-refractivity contribution is -0.125. The lowest BCUT2D eigenvalue weighted by atomic mass is 10.1. The fraction of sp³-hybridized carbons (Fsp3) is 0.304. The minimum absolute atomic E-state index is 0.136. The van der Waals surface area contributed by atoms with Crippen LogP contribution in [0.2, 0.25) is 0 Å². The molecule has 0 saturated carbocycles. The van der Waals surface area contributed by atoms with Crippen molar-refractivity contribution >= 4 is 12.0 Å². The Bertz CT molecular complexity index is 904. The summed E-state index contributed by atoms with van der Waals surface area (Å²) in [5.41, 5.74) is 3.13. The van der Waals surface area contributed by atoms with Crippen molar-refractivity contribution in [3.8, 4) is 17.6 Å². The van der Waals surface area contributed by atoms with Crippen molar-refractivity contribution in [1.82, 2.24) is 4.90 Å². The summed E-state index contributed by atoms with van der Waals surface area (Å²) in [7, 11) is 1.57. The Kier molecular flexibility index (Phi) is 6.33. The molecule has 1 fully saturated rings. The molecule has 2 aromatic carbocycles. The molecule has 0 aromatic heterocycles. The van der Waals surface area contributed by atoms with Gasteiger partial charge in [0, 0.05) is 13.1 Å². The highest BCUT2D eigenvalue weighted by Crippen LogP contribution is 2.30. The molecule has 0 aliphatic carbocycles. The molecule has 28 heavy (non-hydrogen) atoms. The van der Waals surface area contributed by atoms with E-state index in [1.165, 1.54) is 5.56 Å². The van der Waals surface area contributed by atoms with Crippen LogP contribution in [0.4, 0.5) is 0 Å².